The van der Waals surface area contributed by atoms with Crippen molar-refractivity contribution in [2.24, 2.45) is 10.8 Å². The van der Waals surface area contributed by atoms with Crippen LogP contribution in [0.15, 0.2) is 170 Å². The number of nitrogens with zero attached hydrogens (tertiary/aromatic N) is 2. The van der Waals surface area contributed by atoms with E-state index in [1.807, 2.05) is 0 Å². The number of rotatable bonds is 8. The molecule has 2 aliphatic carbocycles. The van der Waals surface area contributed by atoms with Crippen LogP contribution in [0.5, 0.6) is 0 Å². The van der Waals surface area contributed by atoms with Crippen LogP contribution in [0, 0.1) is 10.8 Å². The monoisotopic (exact) mass is 849 g/mol. The summed E-state index contributed by atoms with van der Waals surface area (Å²) in [5.74, 6) is 0. The lowest BCUT2D eigenvalue weighted by molar-refractivity contribution is 0.125. The summed E-state index contributed by atoms with van der Waals surface area (Å²) in [5.41, 5.74) is -28.5. The van der Waals surface area contributed by atoms with E-state index in [4.69, 9.17) is 49.3 Å². The average molecular weight is 849 g/mol. The Bertz CT molecular complexity index is 3780. The van der Waals surface area contributed by atoms with Gasteiger partial charge in [-0.2, -0.15) is 0 Å². The Labute approximate surface area is 422 Å². The first-order valence-electron chi connectivity index (χ1n) is 37.6. The van der Waals surface area contributed by atoms with Crippen molar-refractivity contribution >= 4 is 34.1 Å². The molecule has 9 rings (SSSR count). The van der Waals surface area contributed by atoms with Gasteiger partial charge in [0.1, 0.15) is 0 Å². The van der Waals surface area contributed by atoms with Crippen molar-refractivity contribution in [1.29, 1.82) is 0 Å². The van der Waals surface area contributed by atoms with E-state index in [1.165, 1.54) is 36.4 Å². The van der Waals surface area contributed by atoms with Gasteiger partial charge in [0.05, 0.1) is 0 Å². The molecule has 0 bridgehead atoms. The maximum atomic E-state index is 8.99. The molecule has 7 aromatic rings. The highest BCUT2D eigenvalue weighted by Gasteiger charge is 2.57. The van der Waals surface area contributed by atoms with Crippen LogP contribution < -0.4 is 9.80 Å². The summed E-state index contributed by atoms with van der Waals surface area (Å²) in [6.07, 6.45) is 0. The van der Waals surface area contributed by atoms with Crippen LogP contribution in [-0.4, -0.2) is 0 Å². The highest BCUT2D eigenvalue weighted by Crippen LogP contribution is 2.63. The van der Waals surface area contributed by atoms with Gasteiger partial charge >= 0.3 is 0 Å². The number of anilines is 6. The van der Waals surface area contributed by atoms with Crippen molar-refractivity contribution in [1.82, 2.24) is 0 Å². The van der Waals surface area contributed by atoms with Gasteiger partial charge in [-0.3, -0.25) is 0 Å². The van der Waals surface area contributed by atoms with E-state index in [0.29, 0.717) is 34.1 Å². The number of para-hydroxylation sites is 2. The molecule has 314 valence electrons. The third-order valence-electron chi connectivity index (χ3n) is 12.2. The van der Waals surface area contributed by atoms with Crippen molar-refractivity contribution in [3.05, 3.63) is 192 Å². The van der Waals surface area contributed by atoms with E-state index in [2.05, 4.69) is 0 Å². The van der Waals surface area contributed by atoms with Gasteiger partial charge in [-0.25, -0.2) is 0 Å². The predicted octanol–water partition coefficient (Wildman–Crippen LogP) is 17.2. The Morgan fingerprint density at radius 2 is 0.597 bits per heavy atom. The average Bonchev–Trinajstić information content (AvgIpc) is 1.42. The molecule has 0 aliphatic heterocycles. The number of hydrogen-bond acceptors (Lipinski definition) is 2. The van der Waals surface area contributed by atoms with Crippen LogP contribution in [0.25, 0.3) is 22.3 Å². The fourth-order valence-corrected chi connectivity index (χ4v) is 8.56. The van der Waals surface area contributed by atoms with Crippen molar-refractivity contribution in [2.75, 3.05) is 9.80 Å². The van der Waals surface area contributed by atoms with Crippen molar-refractivity contribution in [3.8, 4) is 22.3 Å². The van der Waals surface area contributed by atoms with Gasteiger partial charge in [0, 0.05) is 83.5 Å². The molecular weight excluding hydrogens is 749 g/mol. The van der Waals surface area contributed by atoms with Gasteiger partial charge in [-0.15, -0.1) is 0 Å². The smallest absolute Gasteiger partial charge is 0.0482 e. The van der Waals surface area contributed by atoms with Crippen LogP contribution in [-0.2, 0) is 21.7 Å². The summed E-state index contributed by atoms with van der Waals surface area (Å²) in [5, 5.41) is 0. The van der Waals surface area contributed by atoms with Crippen LogP contribution in [0.3, 0.4) is 0 Å². The Hall–Kier alpha value is -5.86. The molecule has 0 unspecified atom stereocenters. The minimum Gasteiger partial charge on any atom is -0.310 e. The van der Waals surface area contributed by atoms with Gasteiger partial charge in [-0.05, 0) is 144 Å². The SMILES string of the molecule is [2H]C([2H])([2H])C1(C([2H])([2H])[2H])c2ccc(-c3cccc(N(c4ccccc4)c4cccc(N(c5ccccc5)c5cccc(-c6ccc7c(c6)C(C([2H])([2H])[2H])(C([2H])([2H])[2H])C(C([2H])([2H])[2H])(C([2H])([2H])[2H])C7(C([2H])([2H])[2H])C([2H])([2H])[2H])c5)c4)c3)cc2C(C([2H])([2H])[2H])(C([2H])([2H])[2H])C1(C([2H])([2H])[2H])C([2H])([2H])[2H]. The highest BCUT2D eigenvalue weighted by molar-refractivity contribution is 5.85. The minimum absolute atomic E-state index is 0.107. The fraction of sp³-hybridized carbons (Fsp3) is 0.300. The lowest BCUT2D eigenvalue weighted by Gasteiger charge is -2.44. The molecule has 0 saturated carbocycles. The third-order valence-corrected chi connectivity index (χ3v) is 12.2. The molecule has 0 fully saturated rings. The molecule has 7 aromatic carbocycles. The van der Waals surface area contributed by atoms with Gasteiger partial charge in [0.2, 0.25) is 0 Å². The second-order valence-corrected chi connectivity index (χ2v) is 16.0. The second kappa shape index (κ2) is 14.3. The lowest BCUT2D eigenvalue weighted by Crippen LogP contribution is -2.42. The van der Waals surface area contributed by atoms with Crippen molar-refractivity contribution in [2.45, 2.75) is 104 Å². The normalized spacial score (nSPS) is 29.2. The molecule has 2 aliphatic rings. The first-order valence-corrected chi connectivity index (χ1v) is 19.6. The van der Waals surface area contributed by atoms with Gasteiger partial charge in [0.25, 0.3) is 0 Å². The molecular formula is C60H64N2. The Morgan fingerprint density at radius 3 is 0.968 bits per heavy atom. The van der Waals surface area contributed by atoms with E-state index in [-0.39, 0.29) is 22.3 Å². The Morgan fingerprint density at radius 1 is 0.274 bits per heavy atom. The Balaban J connectivity index is 1.27. The van der Waals surface area contributed by atoms with Crippen LogP contribution in [0.1, 0.15) is 154 Å². The molecule has 2 nitrogen and oxygen atoms in total. The first kappa shape index (κ1) is 17.0. The summed E-state index contributed by atoms with van der Waals surface area (Å²) >= 11 is 0. The van der Waals surface area contributed by atoms with Crippen LogP contribution in [0.2, 0.25) is 0 Å². The molecule has 0 heterocycles. The largest absolute Gasteiger partial charge is 0.310 e. The minimum atomic E-state index is -4.61. The number of hydrogen-bond donors (Lipinski definition) is 0. The van der Waals surface area contributed by atoms with E-state index in [1.54, 1.807) is 107 Å². The van der Waals surface area contributed by atoms with E-state index < -0.39 is 137 Å². The molecule has 0 saturated heterocycles. The van der Waals surface area contributed by atoms with Crippen molar-refractivity contribution < 1.29 is 49.3 Å². The lowest BCUT2D eigenvalue weighted by atomic mass is 9.59. The topological polar surface area (TPSA) is 6.48 Å². The van der Waals surface area contributed by atoms with Gasteiger partial charge in [0.15, 0.2) is 0 Å². The standard InChI is InChI=1S/C60H64N2/c1-55(2)51-34-32-43(38-53(51)57(5,6)59(55,9)10)41-22-19-28-47(36-41)61(45-24-15-13-16-25-45)49-30-21-31-50(40-49)62(46-26-17-14-18-27-46)48-29-20-23-42(37-48)44-33-35-52-54(39-44)58(7,8)60(11,12)56(52,3)4/h13-40H,1-12H3/i1D3,2D3,3D3,4D3,5D3,6D3,7D3,8D3,9D3,10D3,11D3,12D3. The number of fused-ring (bicyclic) bond motifs is 2. The molecule has 0 radical (unpaired) electrons. The molecule has 2 heteroatoms. The maximum Gasteiger partial charge on any atom is 0.0482 e. The molecule has 0 spiro atoms. The molecule has 0 amide bonds. The zero-order valence-electron chi connectivity index (χ0n) is 69.1. The third kappa shape index (κ3) is 6.11. The summed E-state index contributed by atoms with van der Waals surface area (Å²) < 4.78 is 321. The quantitative estimate of drug-likeness (QED) is 0.150. The molecule has 0 atom stereocenters. The molecule has 0 aromatic heterocycles. The molecule has 0 N–H and O–H groups in total. The van der Waals surface area contributed by atoms with E-state index in [0.717, 1.165) is 36.4 Å². The highest BCUT2D eigenvalue weighted by atomic mass is 15.2. The zero-order chi connectivity index (χ0) is 74.0. The Kier molecular flexibility index (Phi) is 3.94. The number of benzene rings is 7. The molecule has 62 heavy (non-hydrogen) atoms. The van der Waals surface area contributed by atoms with Gasteiger partial charge < -0.3 is 9.80 Å². The fourth-order valence-electron chi connectivity index (χ4n) is 8.56. The first-order chi connectivity index (χ1) is 44.3. The van der Waals surface area contributed by atoms with Crippen LogP contribution >= 0.6 is 0 Å². The predicted molar refractivity (Wildman–Crippen MR) is 266 cm³/mol. The van der Waals surface area contributed by atoms with Crippen LogP contribution in [0.4, 0.5) is 34.1 Å². The summed E-state index contributed by atoms with van der Waals surface area (Å²) in [6.45, 7) is -52.2. The van der Waals surface area contributed by atoms with Gasteiger partial charge in [-0.1, -0.05) is 185 Å². The summed E-state index contributed by atoms with van der Waals surface area (Å²) in [4.78, 5) is 3.48. The van der Waals surface area contributed by atoms with E-state index >= 15 is 0 Å². The summed E-state index contributed by atoms with van der Waals surface area (Å²) in [6, 6.07) is 41.8. The second-order valence-electron chi connectivity index (χ2n) is 16.0. The van der Waals surface area contributed by atoms with E-state index in [9.17, 15) is 0 Å². The summed E-state index contributed by atoms with van der Waals surface area (Å²) in [7, 11) is 0. The van der Waals surface area contributed by atoms with Crippen molar-refractivity contribution in [3.63, 3.8) is 0 Å². The maximum absolute atomic E-state index is 8.99. The zero-order valence-corrected chi connectivity index (χ0v) is 33.1.